The predicted molar refractivity (Wildman–Crippen MR) is 104 cm³/mol. The highest BCUT2D eigenvalue weighted by Gasteiger charge is 2.29. The first-order valence-corrected chi connectivity index (χ1v) is 10.1. The number of hydrogen-bond donors (Lipinski definition) is 0. The summed E-state index contributed by atoms with van der Waals surface area (Å²) in [5, 5.41) is 0. The van der Waals surface area contributed by atoms with E-state index in [1.165, 1.54) is 26.2 Å². The molecule has 9 heteroatoms. The van der Waals surface area contributed by atoms with Crippen LogP contribution in [0.25, 0.3) is 0 Å². The fourth-order valence-corrected chi connectivity index (χ4v) is 4.43. The number of ether oxygens (including phenoxy) is 1. The highest BCUT2D eigenvalue weighted by Crippen LogP contribution is 2.29. The molecule has 152 valence electrons. The van der Waals surface area contributed by atoms with E-state index in [-0.39, 0.29) is 23.0 Å². The molecule has 0 amide bonds. The Balaban J connectivity index is 2.16. The molecule has 1 aromatic carbocycles. The van der Waals surface area contributed by atoms with Crippen molar-refractivity contribution >= 4 is 15.8 Å². The molecule has 0 radical (unpaired) electrons. The molecule has 0 spiro atoms. The fourth-order valence-electron chi connectivity index (χ4n) is 2.87. The van der Waals surface area contributed by atoms with Gasteiger partial charge >= 0.3 is 0 Å². The molecule has 2 heterocycles. The Bertz CT molecular complexity index is 1150. The Hall–Kier alpha value is -3.07. The molecule has 0 aliphatic rings. The molecule has 0 atom stereocenters. The molecule has 2 aromatic heterocycles. The molecule has 6 nitrogen and oxygen atoms in total. The van der Waals surface area contributed by atoms with E-state index in [9.17, 15) is 17.2 Å². The Morgan fingerprint density at radius 1 is 1.00 bits per heavy atom. The minimum absolute atomic E-state index is 0.0118. The van der Waals surface area contributed by atoms with E-state index in [1.54, 1.807) is 12.1 Å². The van der Waals surface area contributed by atoms with E-state index in [0.717, 1.165) is 28.1 Å². The van der Waals surface area contributed by atoms with Gasteiger partial charge in [-0.3, -0.25) is 0 Å². The maximum absolute atomic E-state index is 13.8. The zero-order valence-corrected chi connectivity index (χ0v) is 16.9. The van der Waals surface area contributed by atoms with Gasteiger partial charge < -0.3 is 4.74 Å². The van der Waals surface area contributed by atoms with Crippen LogP contribution in [0.5, 0.6) is 5.75 Å². The van der Waals surface area contributed by atoms with Gasteiger partial charge in [0.2, 0.25) is 11.9 Å². The lowest BCUT2D eigenvalue weighted by Gasteiger charge is -2.25. The Kier molecular flexibility index (Phi) is 5.78. The first-order valence-electron chi connectivity index (χ1n) is 8.64. The summed E-state index contributed by atoms with van der Waals surface area (Å²) in [4.78, 5) is 7.12. The zero-order chi connectivity index (χ0) is 21.2. The van der Waals surface area contributed by atoms with Crippen molar-refractivity contribution in [3.63, 3.8) is 0 Å². The molecule has 0 N–H and O–H groups in total. The summed E-state index contributed by atoms with van der Waals surface area (Å²) in [6.07, 6.45) is 0. The van der Waals surface area contributed by atoms with E-state index in [4.69, 9.17) is 4.74 Å². The van der Waals surface area contributed by atoms with Crippen molar-refractivity contribution in [2.45, 2.75) is 25.3 Å². The first kappa shape index (κ1) is 20.7. The van der Waals surface area contributed by atoms with Crippen LogP contribution in [0.2, 0.25) is 0 Å². The molecule has 0 aliphatic carbocycles. The second kappa shape index (κ2) is 8.12. The number of halogens is 2. The van der Waals surface area contributed by atoms with Gasteiger partial charge in [-0.1, -0.05) is 18.2 Å². The average molecular weight is 419 g/mol. The van der Waals surface area contributed by atoms with Gasteiger partial charge in [0.05, 0.1) is 19.3 Å². The molecule has 0 unspecified atom stereocenters. The fraction of sp³-hybridized carbons (Fsp3) is 0.200. The number of hydrogen-bond acceptors (Lipinski definition) is 5. The van der Waals surface area contributed by atoms with E-state index in [2.05, 4.69) is 9.97 Å². The quantitative estimate of drug-likeness (QED) is 0.569. The van der Waals surface area contributed by atoms with Gasteiger partial charge in [0.25, 0.3) is 10.0 Å². The van der Waals surface area contributed by atoms with Gasteiger partial charge in [0.1, 0.15) is 16.5 Å². The Labute approximate surface area is 167 Å². The smallest absolute Gasteiger partial charge is 0.267 e. The Morgan fingerprint density at radius 3 is 2.38 bits per heavy atom. The van der Waals surface area contributed by atoms with Crippen molar-refractivity contribution in [2.75, 3.05) is 11.4 Å². The summed E-state index contributed by atoms with van der Waals surface area (Å²) in [5.74, 6) is -1.25. The van der Waals surface area contributed by atoms with Crippen LogP contribution in [0.4, 0.5) is 14.6 Å². The summed E-state index contributed by atoms with van der Waals surface area (Å²) in [5.41, 5.74) is 1.48. The molecule has 3 rings (SSSR count). The molecule has 0 saturated carbocycles. The van der Waals surface area contributed by atoms with E-state index < -0.39 is 21.9 Å². The van der Waals surface area contributed by atoms with E-state index >= 15 is 0 Å². The molecule has 0 fully saturated rings. The standard InChI is InChI=1S/C20H19F2N3O3S/c1-13-7-8-15(16(11-13)28-3)12-25(20-6-4-5-18(21)24-20)29(26,27)17-9-10-19(22)23-14(17)2/h4-11H,12H2,1-3H3. The zero-order valence-electron chi connectivity index (χ0n) is 16.1. The number of rotatable bonds is 6. The third-order valence-electron chi connectivity index (χ3n) is 4.28. The molecule has 0 bridgehead atoms. The SMILES string of the molecule is COc1cc(C)ccc1CN(c1cccc(F)n1)S(=O)(=O)c1ccc(F)nc1C. The number of sulfonamides is 1. The van der Waals surface area contributed by atoms with Crippen LogP contribution in [0, 0.1) is 25.7 Å². The average Bonchev–Trinajstić information content (AvgIpc) is 2.66. The van der Waals surface area contributed by atoms with Crippen LogP contribution in [0.3, 0.4) is 0 Å². The summed E-state index contributed by atoms with van der Waals surface area (Å²) < 4.78 is 60.3. The number of aryl methyl sites for hydroxylation is 2. The van der Waals surface area contributed by atoms with Crippen LogP contribution in [0.1, 0.15) is 16.8 Å². The van der Waals surface area contributed by atoms with Gasteiger partial charge in [0, 0.05) is 5.56 Å². The molecular weight excluding hydrogens is 400 g/mol. The second-order valence-electron chi connectivity index (χ2n) is 6.36. The van der Waals surface area contributed by atoms with Crippen molar-refractivity contribution in [1.29, 1.82) is 0 Å². The third-order valence-corrected chi connectivity index (χ3v) is 6.17. The Morgan fingerprint density at radius 2 is 1.72 bits per heavy atom. The number of pyridine rings is 2. The number of benzene rings is 1. The third kappa shape index (κ3) is 4.34. The van der Waals surface area contributed by atoms with Gasteiger partial charge in [-0.15, -0.1) is 0 Å². The van der Waals surface area contributed by atoms with Crippen molar-refractivity contribution < 1.29 is 21.9 Å². The number of anilines is 1. The number of nitrogens with zero attached hydrogens (tertiary/aromatic N) is 3. The van der Waals surface area contributed by atoms with Crippen LogP contribution in [-0.2, 0) is 16.6 Å². The van der Waals surface area contributed by atoms with Crippen molar-refractivity contribution in [3.8, 4) is 5.75 Å². The van der Waals surface area contributed by atoms with Crippen molar-refractivity contribution in [3.05, 3.63) is 77.2 Å². The van der Waals surface area contributed by atoms with E-state index in [0.29, 0.717) is 11.3 Å². The molecular formula is C20H19F2N3O3S. The molecule has 3 aromatic rings. The predicted octanol–water partition coefficient (Wildman–Crippen LogP) is 3.78. The monoisotopic (exact) mass is 419 g/mol. The normalized spacial score (nSPS) is 11.3. The molecule has 0 aliphatic heterocycles. The molecule has 0 saturated heterocycles. The summed E-state index contributed by atoms with van der Waals surface area (Å²) in [6.45, 7) is 3.10. The maximum Gasteiger partial charge on any atom is 0.267 e. The minimum atomic E-state index is -4.23. The largest absolute Gasteiger partial charge is 0.496 e. The minimum Gasteiger partial charge on any atom is -0.496 e. The van der Waals surface area contributed by atoms with E-state index in [1.807, 2.05) is 13.0 Å². The second-order valence-corrected chi connectivity index (χ2v) is 8.19. The summed E-state index contributed by atoms with van der Waals surface area (Å²) in [7, 11) is -2.75. The van der Waals surface area contributed by atoms with Crippen molar-refractivity contribution in [1.82, 2.24) is 9.97 Å². The summed E-state index contributed by atoms with van der Waals surface area (Å²) >= 11 is 0. The van der Waals surface area contributed by atoms with Gasteiger partial charge in [-0.05, 0) is 49.7 Å². The number of methoxy groups -OCH3 is 1. The van der Waals surface area contributed by atoms with Crippen LogP contribution in [-0.4, -0.2) is 25.5 Å². The molecule has 29 heavy (non-hydrogen) atoms. The lowest BCUT2D eigenvalue weighted by atomic mass is 10.1. The highest BCUT2D eigenvalue weighted by atomic mass is 32.2. The van der Waals surface area contributed by atoms with Crippen LogP contribution >= 0.6 is 0 Å². The maximum atomic E-state index is 13.8. The lowest BCUT2D eigenvalue weighted by Crippen LogP contribution is -2.32. The van der Waals surface area contributed by atoms with Gasteiger partial charge in [0.15, 0.2) is 0 Å². The van der Waals surface area contributed by atoms with Crippen LogP contribution < -0.4 is 9.04 Å². The van der Waals surface area contributed by atoms with Crippen molar-refractivity contribution in [2.24, 2.45) is 0 Å². The highest BCUT2D eigenvalue weighted by molar-refractivity contribution is 7.92. The number of aromatic nitrogens is 2. The lowest BCUT2D eigenvalue weighted by molar-refractivity contribution is 0.409. The van der Waals surface area contributed by atoms with Gasteiger partial charge in [-0.2, -0.15) is 8.78 Å². The van der Waals surface area contributed by atoms with Gasteiger partial charge in [-0.25, -0.2) is 22.7 Å². The van der Waals surface area contributed by atoms with Crippen LogP contribution in [0.15, 0.2) is 53.4 Å². The first-order chi connectivity index (χ1) is 13.7. The summed E-state index contributed by atoms with van der Waals surface area (Å²) in [6, 6.07) is 11.3. The topological polar surface area (TPSA) is 72.4 Å².